The molecule has 0 amide bonds. The van der Waals surface area contributed by atoms with Gasteiger partial charge in [0, 0.05) is 31.3 Å². The molecule has 0 unspecified atom stereocenters. The monoisotopic (exact) mass is 329 g/mol. The first-order chi connectivity index (χ1) is 11.3. The average Bonchev–Trinajstić information content (AvgIpc) is 2.62. The van der Waals surface area contributed by atoms with Crippen LogP contribution in [0, 0.1) is 0 Å². The quantitative estimate of drug-likeness (QED) is 0.741. The largest absolute Gasteiger partial charge is 0.497 e. The summed E-state index contributed by atoms with van der Waals surface area (Å²) >= 11 is 5.32. The van der Waals surface area contributed by atoms with E-state index in [4.69, 9.17) is 16.3 Å². The molecule has 0 aliphatic rings. The predicted molar refractivity (Wildman–Crippen MR) is 89.4 cm³/mol. The number of halogens is 1. The molecular formula is C16H16ClN5O. The normalized spacial score (nSPS) is 9.48. The molecule has 0 aliphatic carbocycles. The Kier molecular flexibility index (Phi) is 6.74. The van der Waals surface area contributed by atoms with Crippen molar-refractivity contribution in [3.63, 3.8) is 0 Å². The van der Waals surface area contributed by atoms with Crippen LogP contribution in [0.4, 0.5) is 5.95 Å². The molecule has 0 bridgehead atoms. The predicted octanol–water partition coefficient (Wildman–Crippen LogP) is 3.23. The number of methoxy groups -OCH3 is 1. The zero-order valence-corrected chi connectivity index (χ0v) is 13.3. The molecule has 0 fully saturated rings. The summed E-state index contributed by atoms with van der Waals surface area (Å²) < 4.78 is 5.09. The number of hydrogen-bond acceptors (Lipinski definition) is 6. The zero-order valence-electron chi connectivity index (χ0n) is 12.6. The van der Waals surface area contributed by atoms with E-state index in [9.17, 15) is 0 Å². The molecule has 2 aromatic heterocycles. The highest BCUT2D eigenvalue weighted by molar-refractivity contribution is 6.28. The van der Waals surface area contributed by atoms with Crippen LogP contribution in [0.15, 0.2) is 61.2 Å². The van der Waals surface area contributed by atoms with E-state index in [0.717, 1.165) is 11.3 Å². The molecule has 3 aromatic rings. The Morgan fingerprint density at radius 3 is 1.96 bits per heavy atom. The van der Waals surface area contributed by atoms with Crippen molar-refractivity contribution in [2.45, 2.75) is 6.54 Å². The van der Waals surface area contributed by atoms with Crippen LogP contribution in [0.2, 0.25) is 5.28 Å². The van der Waals surface area contributed by atoms with E-state index in [-0.39, 0.29) is 0 Å². The molecule has 6 nitrogen and oxygen atoms in total. The van der Waals surface area contributed by atoms with E-state index in [2.05, 4.69) is 25.3 Å². The molecule has 0 saturated heterocycles. The number of nitrogens with zero attached hydrogens (tertiary/aromatic N) is 4. The fourth-order valence-corrected chi connectivity index (χ4v) is 1.71. The second-order valence-electron chi connectivity index (χ2n) is 4.29. The minimum atomic E-state index is 0.294. The van der Waals surface area contributed by atoms with Crippen molar-refractivity contribution in [3.8, 4) is 5.75 Å². The van der Waals surface area contributed by atoms with Gasteiger partial charge in [0.05, 0.1) is 7.11 Å². The molecule has 0 aliphatic heterocycles. The Hall–Kier alpha value is -2.73. The summed E-state index contributed by atoms with van der Waals surface area (Å²) in [6.45, 7) is 0.702. The Morgan fingerprint density at radius 2 is 1.48 bits per heavy atom. The van der Waals surface area contributed by atoms with Crippen molar-refractivity contribution in [3.05, 3.63) is 72.0 Å². The first kappa shape index (κ1) is 16.6. The van der Waals surface area contributed by atoms with Crippen LogP contribution in [0.3, 0.4) is 0 Å². The van der Waals surface area contributed by atoms with Crippen LogP contribution < -0.4 is 10.1 Å². The summed E-state index contributed by atoms with van der Waals surface area (Å²) in [6, 6.07) is 11.4. The third-order valence-electron chi connectivity index (χ3n) is 2.71. The smallest absolute Gasteiger partial charge is 0.222 e. The van der Waals surface area contributed by atoms with Gasteiger partial charge in [-0.2, -0.15) is 0 Å². The summed E-state index contributed by atoms with van der Waals surface area (Å²) in [5.41, 5.74) is 1.16. The maximum Gasteiger partial charge on any atom is 0.222 e. The van der Waals surface area contributed by atoms with Gasteiger partial charge in [-0.3, -0.25) is 0 Å². The van der Waals surface area contributed by atoms with E-state index in [1.165, 1.54) is 0 Å². The van der Waals surface area contributed by atoms with E-state index in [0.29, 0.717) is 17.8 Å². The Morgan fingerprint density at radius 1 is 0.913 bits per heavy atom. The van der Waals surface area contributed by atoms with Crippen molar-refractivity contribution in [2.24, 2.45) is 0 Å². The average molecular weight is 330 g/mol. The summed E-state index contributed by atoms with van der Waals surface area (Å²) in [5, 5.41) is 3.43. The van der Waals surface area contributed by atoms with E-state index >= 15 is 0 Å². The molecule has 1 N–H and O–H groups in total. The lowest BCUT2D eigenvalue weighted by molar-refractivity contribution is 0.414. The van der Waals surface area contributed by atoms with Crippen molar-refractivity contribution in [1.29, 1.82) is 0 Å². The van der Waals surface area contributed by atoms with Gasteiger partial charge in [-0.25, -0.2) is 19.9 Å². The van der Waals surface area contributed by atoms with E-state index in [1.807, 2.05) is 24.3 Å². The number of rotatable bonds is 4. The molecule has 0 saturated carbocycles. The Balaban J connectivity index is 0.000000229. The van der Waals surface area contributed by atoms with Gasteiger partial charge >= 0.3 is 0 Å². The lowest BCUT2D eigenvalue weighted by Gasteiger charge is -2.05. The molecule has 7 heteroatoms. The second kappa shape index (κ2) is 9.32. The number of nitrogens with one attached hydrogen (secondary N) is 1. The van der Waals surface area contributed by atoms with Crippen LogP contribution in [0.25, 0.3) is 0 Å². The maximum atomic E-state index is 5.32. The summed E-state index contributed by atoms with van der Waals surface area (Å²) in [5.74, 6) is 1.50. The number of anilines is 1. The van der Waals surface area contributed by atoms with Crippen molar-refractivity contribution >= 4 is 17.5 Å². The van der Waals surface area contributed by atoms with Gasteiger partial charge < -0.3 is 10.1 Å². The molecule has 3 rings (SSSR count). The summed E-state index contributed by atoms with van der Waals surface area (Å²) in [7, 11) is 1.66. The lowest BCUT2D eigenvalue weighted by Crippen LogP contribution is -2.02. The third kappa shape index (κ3) is 6.27. The molecule has 0 radical (unpaired) electrons. The van der Waals surface area contributed by atoms with Crippen LogP contribution >= 0.6 is 11.6 Å². The summed E-state index contributed by atoms with van der Waals surface area (Å²) in [4.78, 5) is 15.4. The fourth-order valence-electron chi connectivity index (χ4n) is 1.60. The minimum Gasteiger partial charge on any atom is -0.497 e. The van der Waals surface area contributed by atoms with Gasteiger partial charge in [0.15, 0.2) is 0 Å². The molecule has 2 heterocycles. The highest BCUT2D eigenvalue weighted by Crippen LogP contribution is 2.11. The molecule has 118 valence electrons. The van der Waals surface area contributed by atoms with Gasteiger partial charge in [-0.15, -0.1) is 0 Å². The highest BCUT2D eigenvalue weighted by atomic mass is 35.5. The highest BCUT2D eigenvalue weighted by Gasteiger charge is 1.96. The second-order valence-corrected chi connectivity index (χ2v) is 4.63. The van der Waals surface area contributed by atoms with Gasteiger partial charge in [0.2, 0.25) is 11.2 Å². The molecule has 0 atom stereocenters. The van der Waals surface area contributed by atoms with Crippen LogP contribution in [0.5, 0.6) is 5.75 Å². The van der Waals surface area contributed by atoms with Crippen LogP contribution in [-0.2, 0) is 6.54 Å². The van der Waals surface area contributed by atoms with Gasteiger partial charge in [0.1, 0.15) is 5.75 Å². The lowest BCUT2D eigenvalue weighted by atomic mass is 10.2. The van der Waals surface area contributed by atoms with Crippen molar-refractivity contribution < 1.29 is 4.74 Å². The van der Waals surface area contributed by atoms with E-state index < -0.39 is 0 Å². The molecule has 0 spiro atoms. The SMILES string of the molecule is COc1ccc(CNc2ncccn2)cc1.Clc1ncccn1. The first-order valence-corrected chi connectivity index (χ1v) is 7.22. The standard InChI is InChI=1S/C12H13N3O.C4H3ClN2/c1-16-11-5-3-10(4-6-11)9-15-12-13-7-2-8-14-12;5-4-6-2-1-3-7-4/h2-8H,9H2,1H3,(H,13,14,15);1-3H. The fraction of sp³-hybridized carbons (Fsp3) is 0.125. The van der Waals surface area contributed by atoms with Crippen LogP contribution in [-0.4, -0.2) is 27.0 Å². The Labute approximate surface area is 139 Å². The number of hydrogen-bond donors (Lipinski definition) is 1. The number of ether oxygens (including phenoxy) is 1. The topological polar surface area (TPSA) is 72.8 Å². The van der Waals surface area contributed by atoms with Gasteiger partial charge in [0.25, 0.3) is 0 Å². The minimum absolute atomic E-state index is 0.294. The molecule has 23 heavy (non-hydrogen) atoms. The molecule has 1 aromatic carbocycles. The van der Waals surface area contributed by atoms with Crippen LogP contribution in [0.1, 0.15) is 5.56 Å². The van der Waals surface area contributed by atoms with Crippen molar-refractivity contribution in [2.75, 3.05) is 12.4 Å². The zero-order chi connectivity index (χ0) is 16.3. The summed E-state index contributed by atoms with van der Waals surface area (Å²) in [6.07, 6.45) is 6.61. The van der Waals surface area contributed by atoms with E-state index in [1.54, 1.807) is 44.0 Å². The number of aromatic nitrogens is 4. The maximum absolute atomic E-state index is 5.32. The molecular weight excluding hydrogens is 314 g/mol. The Bertz CT molecular complexity index is 680. The first-order valence-electron chi connectivity index (χ1n) is 6.84. The third-order valence-corrected chi connectivity index (χ3v) is 2.90. The van der Waals surface area contributed by atoms with Crippen molar-refractivity contribution in [1.82, 2.24) is 19.9 Å². The van der Waals surface area contributed by atoms with Gasteiger partial charge in [-0.1, -0.05) is 12.1 Å². The van der Waals surface area contributed by atoms with Gasteiger partial charge in [-0.05, 0) is 41.4 Å². The number of benzene rings is 1.